The van der Waals surface area contributed by atoms with Gasteiger partial charge in [-0.2, -0.15) is 13.5 Å². The van der Waals surface area contributed by atoms with Crippen molar-refractivity contribution in [2.45, 2.75) is 38.0 Å². The maximum atomic E-state index is 13.1. The molecule has 1 unspecified atom stereocenters. The predicted octanol–water partition coefficient (Wildman–Crippen LogP) is -0.600. The summed E-state index contributed by atoms with van der Waals surface area (Å²) >= 11 is 1.02. The number of ether oxygens (including phenoxy) is 1. The zero-order chi connectivity index (χ0) is 29.0. The summed E-state index contributed by atoms with van der Waals surface area (Å²) < 4.78 is 40.9. The Bertz CT molecular complexity index is 1360. The molecule has 2 aromatic rings. The Morgan fingerprint density at radius 3 is 2.54 bits per heavy atom. The molecule has 2 heterocycles. The van der Waals surface area contributed by atoms with Crippen LogP contribution in [0.4, 0.5) is 5.13 Å². The van der Waals surface area contributed by atoms with E-state index in [2.05, 4.69) is 19.7 Å². The average molecular weight is 586 g/mol. The monoisotopic (exact) mass is 585 g/mol. The van der Waals surface area contributed by atoms with Gasteiger partial charge in [-0.05, 0) is 38.1 Å². The van der Waals surface area contributed by atoms with E-state index < -0.39 is 39.9 Å². The first-order valence-electron chi connectivity index (χ1n) is 11.2. The van der Waals surface area contributed by atoms with Crippen LogP contribution in [0.5, 0.6) is 5.75 Å². The molecule has 1 saturated heterocycles. The van der Waals surface area contributed by atoms with Crippen molar-refractivity contribution >= 4 is 50.2 Å². The van der Waals surface area contributed by atoms with Gasteiger partial charge in [-0.15, -0.1) is 15.6 Å². The van der Waals surface area contributed by atoms with Crippen molar-refractivity contribution in [3.8, 4) is 5.75 Å². The van der Waals surface area contributed by atoms with Crippen LogP contribution in [-0.4, -0.2) is 82.4 Å². The second kappa shape index (κ2) is 11.9. The first-order chi connectivity index (χ1) is 18.2. The number of aromatic nitrogens is 1. The van der Waals surface area contributed by atoms with E-state index in [1.165, 1.54) is 19.2 Å². The second-order valence-electron chi connectivity index (χ2n) is 8.69. The second-order valence-corrected chi connectivity index (χ2v) is 10.6. The number of aliphatic hydroxyl groups excluding tert-OH is 1. The van der Waals surface area contributed by atoms with E-state index in [-0.39, 0.29) is 42.0 Å². The standard InChI is InChI=1S/C21H27N7O9S2/c1-21(2)16(19(31)28(21)37-39(32,33)34)26-18(30)15(14-10-38-20(24)25-14)27-36-13(7-8-29)9-35-12-5-3-11(4-6-12)17(22)23/h3-6,10,13,16,29H,7-9H2,1-2H3,(H3,22,23)(H2,24,25)(H,26,30)(H,32,33,34)/b27-15-/t13?,16-/m1/s1. The highest BCUT2D eigenvalue weighted by Crippen LogP contribution is 2.33. The number of hydrogen-bond acceptors (Lipinski definition) is 13. The molecule has 18 heteroatoms. The molecule has 0 bridgehead atoms. The number of carbonyl (C=O) groups excluding carboxylic acids is 2. The van der Waals surface area contributed by atoms with Gasteiger partial charge < -0.3 is 31.5 Å². The number of β-lactam (4-membered cyclic amide) rings is 1. The van der Waals surface area contributed by atoms with Crippen LogP contribution in [0.2, 0.25) is 0 Å². The Hall–Kier alpha value is -3.84. The molecule has 1 aromatic heterocycles. The maximum Gasteiger partial charge on any atom is 0.418 e. The zero-order valence-corrected chi connectivity index (χ0v) is 22.4. The molecule has 1 aromatic carbocycles. The maximum absolute atomic E-state index is 13.1. The lowest BCUT2D eigenvalue weighted by Crippen LogP contribution is -2.76. The summed E-state index contributed by atoms with van der Waals surface area (Å²) in [6.07, 6.45) is -0.735. The number of amides is 2. The van der Waals surface area contributed by atoms with E-state index in [1.54, 1.807) is 24.3 Å². The van der Waals surface area contributed by atoms with Gasteiger partial charge in [0.05, 0.1) is 5.54 Å². The van der Waals surface area contributed by atoms with Gasteiger partial charge >= 0.3 is 10.4 Å². The Kier molecular flexibility index (Phi) is 9.07. The molecule has 39 heavy (non-hydrogen) atoms. The molecule has 1 aliphatic heterocycles. The van der Waals surface area contributed by atoms with Gasteiger partial charge in [0.1, 0.15) is 29.9 Å². The molecule has 2 amide bonds. The molecule has 3 rings (SSSR count). The SMILES string of the molecule is CC1(C)[C@H](NC(=O)/C(=N\OC(CCO)COc2ccc(C(=N)N)cc2)c2csc(N)n2)C(=O)N1OS(=O)(=O)O. The molecular weight excluding hydrogens is 558 g/mol. The van der Waals surface area contributed by atoms with Gasteiger partial charge in [0.15, 0.2) is 16.9 Å². The first-order valence-corrected chi connectivity index (χ1v) is 13.4. The number of carbonyl (C=O) groups is 2. The van der Waals surface area contributed by atoms with Crippen LogP contribution >= 0.6 is 11.3 Å². The number of nitrogen functional groups attached to an aromatic ring is 2. The van der Waals surface area contributed by atoms with Gasteiger partial charge in [-0.25, -0.2) is 4.98 Å². The number of rotatable bonds is 13. The molecule has 1 fully saturated rings. The number of thiazole rings is 1. The summed E-state index contributed by atoms with van der Waals surface area (Å²) in [5.41, 5.74) is 9.96. The van der Waals surface area contributed by atoms with Crippen molar-refractivity contribution in [3.63, 3.8) is 0 Å². The lowest BCUT2D eigenvalue weighted by atomic mass is 9.84. The highest BCUT2D eigenvalue weighted by molar-refractivity contribution is 7.80. The number of hydrogen-bond donors (Lipinski definition) is 6. The number of oxime groups is 1. The molecule has 0 radical (unpaired) electrons. The Morgan fingerprint density at radius 1 is 1.36 bits per heavy atom. The molecule has 0 spiro atoms. The van der Waals surface area contributed by atoms with Crippen LogP contribution in [0.25, 0.3) is 0 Å². The van der Waals surface area contributed by atoms with Crippen LogP contribution in [0.15, 0.2) is 34.8 Å². The lowest BCUT2D eigenvalue weighted by Gasteiger charge is -2.50. The summed E-state index contributed by atoms with van der Waals surface area (Å²) in [7, 11) is -4.97. The van der Waals surface area contributed by atoms with Crippen LogP contribution < -0.4 is 21.5 Å². The van der Waals surface area contributed by atoms with E-state index in [4.69, 9.17) is 31.0 Å². The molecular formula is C21H27N7O9S2. The summed E-state index contributed by atoms with van der Waals surface area (Å²) in [5.74, 6) is -1.51. The highest BCUT2D eigenvalue weighted by atomic mass is 32.3. The van der Waals surface area contributed by atoms with Crippen molar-refractivity contribution < 1.29 is 41.5 Å². The van der Waals surface area contributed by atoms with Crippen molar-refractivity contribution in [1.29, 1.82) is 5.41 Å². The Balaban J connectivity index is 1.75. The molecule has 16 nitrogen and oxygen atoms in total. The number of nitrogens with one attached hydrogen (secondary N) is 2. The number of hydroxylamine groups is 2. The quantitative estimate of drug-likeness (QED) is 0.0566. The van der Waals surface area contributed by atoms with E-state index in [0.717, 1.165) is 11.3 Å². The summed E-state index contributed by atoms with van der Waals surface area (Å²) in [6.45, 7) is 2.44. The predicted molar refractivity (Wildman–Crippen MR) is 138 cm³/mol. The van der Waals surface area contributed by atoms with Crippen LogP contribution in [0.3, 0.4) is 0 Å². The third-order valence-electron chi connectivity index (χ3n) is 5.45. The molecule has 2 atom stereocenters. The van der Waals surface area contributed by atoms with Crippen molar-refractivity contribution in [2.24, 2.45) is 10.9 Å². The smallest absolute Gasteiger partial charge is 0.418 e. The summed E-state index contributed by atoms with van der Waals surface area (Å²) in [6, 6.07) is 5.14. The minimum atomic E-state index is -4.97. The molecule has 1 aliphatic rings. The highest BCUT2D eigenvalue weighted by Gasteiger charge is 2.58. The fraction of sp³-hybridized carbons (Fsp3) is 0.381. The average Bonchev–Trinajstić information content (AvgIpc) is 3.29. The van der Waals surface area contributed by atoms with Crippen molar-refractivity contribution in [3.05, 3.63) is 40.9 Å². The van der Waals surface area contributed by atoms with Crippen molar-refractivity contribution in [2.75, 3.05) is 18.9 Å². The first kappa shape index (κ1) is 29.7. The van der Waals surface area contributed by atoms with Crippen LogP contribution in [-0.2, 0) is 29.1 Å². The van der Waals surface area contributed by atoms with E-state index in [1.807, 2.05) is 0 Å². The fourth-order valence-corrected chi connectivity index (χ4v) is 4.38. The van der Waals surface area contributed by atoms with Crippen LogP contribution in [0, 0.1) is 5.41 Å². The number of nitrogens with two attached hydrogens (primary N) is 2. The normalized spacial score (nSPS) is 17.7. The van der Waals surface area contributed by atoms with E-state index in [0.29, 0.717) is 16.4 Å². The van der Waals surface area contributed by atoms with Gasteiger partial charge in [-0.1, -0.05) is 5.16 Å². The third kappa shape index (κ3) is 7.39. The fourth-order valence-electron chi connectivity index (χ4n) is 3.38. The minimum absolute atomic E-state index is 0.0362. The molecule has 0 saturated carbocycles. The topological polar surface area (TPSA) is 253 Å². The zero-order valence-electron chi connectivity index (χ0n) is 20.7. The third-order valence-corrected chi connectivity index (χ3v) is 6.46. The summed E-state index contributed by atoms with van der Waals surface area (Å²) in [4.78, 5) is 35.1. The summed E-state index contributed by atoms with van der Waals surface area (Å²) in [5, 5.41) is 25.2. The van der Waals surface area contributed by atoms with Gasteiger partial charge in [0.2, 0.25) is 0 Å². The lowest BCUT2D eigenvalue weighted by molar-refractivity contribution is -0.218. The van der Waals surface area contributed by atoms with Gasteiger partial charge in [0.25, 0.3) is 11.8 Å². The van der Waals surface area contributed by atoms with Gasteiger partial charge in [-0.3, -0.25) is 19.6 Å². The molecule has 8 N–H and O–H groups in total. The minimum Gasteiger partial charge on any atom is -0.490 e. The van der Waals surface area contributed by atoms with Crippen LogP contribution in [0.1, 0.15) is 31.5 Å². The number of nitrogens with zero attached hydrogens (tertiary/aromatic N) is 3. The largest absolute Gasteiger partial charge is 0.490 e. The van der Waals surface area contributed by atoms with E-state index >= 15 is 0 Å². The van der Waals surface area contributed by atoms with E-state index in [9.17, 15) is 23.1 Å². The number of amidine groups is 1. The number of anilines is 1. The van der Waals surface area contributed by atoms with Gasteiger partial charge in [0, 0.05) is 24.0 Å². The number of benzene rings is 1. The molecule has 0 aliphatic carbocycles. The van der Waals surface area contributed by atoms with Crippen molar-refractivity contribution in [1.82, 2.24) is 15.4 Å². The number of aliphatic hydroxyl groups is 1. The Morgan fingerprint density at radius 2 is 2.03 bits per heavy atom. The molecule has 212 valence electrons. The Labute approximate surface area is 226 Å².